The number of hydrogen-bond donors (Lipinski definition) is 2. The number of carbonyl (C=O) groups is 2. The highest BCUT2D eigenvalue weighted by Gasteiger charge is 2.57. The van der Waals surface area contributed by atoms with Crippen LogP contribution in [0.1, 0.15) is 6.92 Å². The minimum atomic E-state index is -1.08. The van der Waals surface area contributed by atoms with Gasteiger partial charge in [0, 0.05) is 12.3 Å². The second-order valence-electron chi connectivity index (χ2n) is 5.08. The zero-order valence-electron chi connectivity index (χ0n) is 11.6. The van der Waals surface area contributed by atoms with Crippen molar-refractivity contribution in [1.82, 2.24) is 9.80 Å². The number of hydrogen-bond acceptors (Lipinski definition) is 6. The summed E-state index contributed by atoms with van der Waals surface area (Å²) in [5, 5.41) is 18.6. The lowest BCUT2D eigenvalue weighted by atomic mass is 9.92. The summed E-state index contributed by atoms with van der Waals surface area (Å²) in [6.45, 7) is 2.40. The Morgan fingerprint density at radius 2 is 2.20 bits per heavy atom. The largest absolute Gasteiger partial charge is 0.477 e. The van der Waals surface area contributed by atoms with Crippen LogP contribution in [0.2, 0.25) is 0 Å². The molecule has 1 saturated heterocycles. The van der Waals surface area contributed by atoms with E-state index in [2.05, 4.69) is 0 Å². The van der Waals surface area contributed by atoms with Crippen molar-refractivity contribution in [3.63, 3.8) is 0 Å². The molecule has 2 aliphatic rings. The van der Waals surface area contributed by atoms with Gasteiger partial charge in [0.05, 0.1) is 16.3 Å². The highest BCUT2D eigenvalue weighted by atomic mass is 32.2. The Morgan fingerprint density at radius 3 is 2.70 bits per heavy atom. The molecule has 0 aromatic rings. The van der Waals surface area contributed by atoms with Gasteiger partial charge in [-0.1, -0.05) is 11.8 Å². The van der Waals surface area contributed by atoms with Crippen LogP contribution in [0.15, 0.2) is 9.93 Å². The van der Waals surface area contributed by atoms with Crippen molar-refractivity contribution in [2.45, 2.75) is 18.4 Å². The van der Waals surface area contributed by atoms with Crippen LogP contribution >= 0.6 is 23.5 Å². The maximum atomic E-state index is 12.0. The molecule has 0 aliphatic carbocycles. The number of carbonyl (C=O) groups excluding carboxylic acids is 1. The fraction of sp³-hybridized carbons (Fsp3) is 0.667. The molecule has 2 aliphatic heterocycles. The molecule has 2 rings (SSSR count). The number of aliphatic hydroxyl groups excluding tert-OH is 1. The number of carboxylic acids is 1. The molecule has 112 valence electrons. The Kier molecular flexibility index (Phi) is 4.68. The van der Waals surface area contributed by atoms with E-state index < -0.39 is 18.0 Å². The summed E-state index contributed by atoms with van der Waals surface area (Å²) in [6, 6.07) is 0. The van der Waals surface area contributed by atoms with Gasteiger partial charge in [-0.15, -0.1) is 11.8 Å². The molecule has 0 aromatic carbocycles. The first-order valence-corrected chi connectivity index (χ1v) is 8.14. The van der Waals surface area contributed by atoms with E-state index in [9.17, 15) is 19.8 Å². The third-order valence-corrected chi connectivity index (χ3v) is 5.88. The Balaban J connectivity index is 2.11. The molecule has 0 unspecified atom stereocenters. The van der Waals surface area contributed by atoms with Crippen molar-refractivity contribution in [2.24, 2.45) is 5.92 Å². The van der Waals surface area contributed by atoms with Crippen molar-refractivity contribution in [2.75, 3.05) is 26.4 Å². The number of fused-ring (bicyclic) bond motifs is 1. The van der Waals surface area contributed by atoms with Crippen molar-refractivity contribution in [3.05, 3.63) is 9.93 Å². The molecule has 2 N–H and O–H groups in total. The molecule has 3 atom stereocenters. The van der Waals surface area contributed by atoms with Gasteiger partial charge in [-0.2, -0.15) is 0 Å². The number of aliphatic carboxylic acids is 1. The molecule has 0 aromatic heterocycles. The predicted octanol–water partition coefficient (Wildman–Crippen LogP) is 0.447. The summed E-state index contributed by atoms with van der Waals surface area (Å²) in [5.41, 5.74) is 0.0747. The first kappa shape index (κ1) is 15.7. The zero-order chi connectivity index (χ0) is 15.0. The number of carboxylic acid groups (broad SMARTS) is 1. The van der Waals surface area contributed by atoms with Gasteiger partial charge in [0.1, 0.15) is 5.37 Å². The van der Waals surface area contributed by atoms with E-state index in [0.717, 1.165) is 12.3 Å². The maximum Gasteiger partial charge on any atom is 0.354 e. The minimum Gasteiger partial charge on any atom is -0.477 e. The van der Waals surface area contributed by atoms with Crippen LogP contribution in [0.3, 0.4) is 0 Å². The third kappa shape index (κ3) is 2.69. The minimum absolute atomic E-state index is 0.0747. The van der Waals surface area contributed by atoms with Crippen LogP contribution in [0.25, 0.3) is 0 Å². The van der Waals surface area contributed by atoms with Crippen molar-refractivity contribution >= 4 is 35.4 Å². The van der Waals surface area contributed by atoms with Crippen molar-refractivity contribution < 1.29 is 19.8 Å². The fourth-order valence-electron chi connectivity index (χ4n) is 2.17. The fourth-order valence-corrected chi connectivity index (χ4v) is 5.28. The molecular formula is C12H18N2O4S2. The van der Waals surface area contributed by atoms with E-state index in [1.54, 1.807) is 6.92 Å². The van der Waals surface area contributed by atoms with E-state index in [-0.39, 0.29) is 17.0 Å². The van der Waals surface area contributed by atoms with Crippen LogP contribution < -0.4 is 0 Å². The van der Waals surface area contributed by atoms with Crippen molar-refractivity contribution in [1.29, 1.82) is 0 Å². The monoisotopic (exact) mass is 318 g/mol. The molecule has 6 nitrogen and oxygen atoms in total. The second-order valence-corrected chi connectivity index (χ2v) is 7.57. The van der Waals surface area contributed by atoms with Crippen molar-refractivity contribution in [3.8, 4) is 0 Å². The average Bonchev–Trinajstić information content (AvgIpc) is 2.63. The highest BCUT2D eigenvalue weighted by molar-refractivity contribution is 8.22. The number of β-lactam (4-membered cyclic amide) rings is 1. The lowest BCUT2D eigenvalue weighted by Gasteiger charge is -2.43. The molecule has 0 spiro atoms. The van der Waals surface area contributed by atoms with E-state index >= 15 is 0 Å². The smallest absolute Gasteiger partial charge is 0.354 e. The number of aliphatic hydroxyl groups is 1. The second kappa shape index (κ2) is 5.97. The Hall–Kier alpha value is -0.700. The number of thioether (sulfide) groups is 2. The van der Waals surface area contributed by atoms with Crippen LogP contribution in [0.4, 0.5) is 0 Å². The summed E-state index contributed by atoms with van der Waals surface area (Å²) >= 11 is 2.83. The average molecular weight is 318 g/mol. The lowest BCUT2D eigenvalue weighted by Crippen LogP contribution is -2.60. The molecule has 1 fully saturated rings. The predicted molar refractivity (Wildman–Crippen MR) is 79.1 cm³/mol. The quantitative estimate of drug-likeness (QED) is 0.688. The molecule has 1 amide bonds. The highest BCUT2D eigenvalue weighted by Crippen LogP contribution is 2.53. The van der Waals surface area contributed by atoms with Gasteiger partial charge in [0.15, 0.2) is 5.70 Å². The van der Waals surface area contributed by atoms with Crippen LogP contribution in [-0.2, 0) is 9.59 Å². The number of rotatable bonds is 6. The van der Waals surface area contributed by atoms with E-state index in [0.29, 0.717) is 4.24 Å². The SMILES string of the molecule is C[C@@H](O)[C@H]1C(=O)N2C(C(=O)O)=C(SCCN(C)C)S[C@H]12. The van der Waals surface area contributed by atoms with Gasteiger partial charge >= 0.3 is 5.97 Å². The standard InChI is InChI=1S/C12H18N2O4S2/c1-6(15)7-9(16)14-8(11(17)18)12(20-10(7)14)19-5-4-13(2)3/h6-7,10,15H,4-5H2,1-3H3,(H,17,18)/t6-,7+,10-/m1/s1. The summed E-state index contributed by atoms with van der Waals surface area (Å²) in [5.74, 6) is -1.11. The Labute approximate surface area is 126 Å². The molecule has 0 radical (unpaired) electrons. The van der Waals surface area contributed by atoms with Gasteiger partial charge < -0.3 is 15.1 Å². The van der Waals surface area contributed by atoms with E-state index in [4.69, 9.17) is 0 Å². The van der Waals surface area contributed by atoms with Gasteiger partial charge in [-0.25, -0.2) is 4.79 Å². The van der Waals surface area contributed by atoms with Gasteiger partial charge in [0.25, 0.3) is 0 Å². The summed E-state index contributed by atoms with van der Waals surface area (Å²) in [4.78, 5) is 26.7. The zero-order valence-corrected chi connectivity index (χ0v) is 13.2. The Morgan fingerprint density at radius 1 is 1.55 bits per heavy atom. The van der Waals surface area contributed by atoms with E-state index in [1.807, 2.05) is 19.0 Å². The molecule has 0 bridgehead atoms. The van der Waals surface area contributed by atoms with Gasteiger partial charge in [-0.05, 0) is 21.0 Å². The lowest BCUT2D eigenvalue weighted by molar-refractivity contribution is -0.156. The molecular weight excluding hydrogens is 300 g/mol. The Bertz CT molecular complexity index is 464. The van der Waals surface area contributed by atoms with Gasteiger partial charge in [-0.3, -0.25) is 9.69 Å². The summed E-state index contributed by atoms with van der Waals surface area (Å²) in [7, 11) is 3.91. The third-order valence-electron chi connectivity index (χ3n) is 3.24. The van der Waals surface area contributed by atoms with E-state index in [1.165, 1.54) is 28.4 Å². The number of nitrogens with zero attached hydrogens (tertiary/aromatic N) is 2. The normalized spacial score (nSPS) is 26.9. The maximum absolute atomic E-state index is 12.0. The topological polar surface area (TPSA) is 81.1 Å². The van der Waals surface area contributed by atoms with Crippen LogP contribution in [0, 0.1) is 5.92 Å². The molecule has 20 heavy (non-hydrogen) atoms. The molecule has 8 heteroatoms. The number of amides is 1. The first-order chi connectivity index (χ1) is 9.34. The van der Waals surface area contributed by atoms with Gasteiger partial charge in [0.2, 0.25) is 5.91 Å². The molecule has 0 saturated carbocycles. The molecule has 2 heterocycles. The van der Waals surface area contributed by atoms with Crippen LogP contribution in [-0.4, -0.2) is 69.8 Å². The summed E-state index contributed by atoms with van der Waals surface area (Å²) < 4.78 is 0.667. The first-order valence-electron chi connectivity index (χ1n) is 6.27. The van der Waals surface area contributed by atoms with Crippen LogP contribution in [0.5, 0.6) is 0 Å². The summed E-state index contributed by atoms with van der Waals surface area (Å²) in [6.07, 6.45) is -0.752.